The molecular formula is C43H72N8O10S2. The van der Waals surface area contributed by atoms with Gasteiger partial charge in [0, 0.05) is 61.0 Å². The van der Waals surface area contributed by atoms with Crippen LogP contribution in [0.5, 0.6) is 0 Å². The van der Waals surface area contributed by atoms with Gasteiger partial charge in [0.25, 0.3) is 0 Å². The summed E-state index contributed by atoms with van der Waals surface area (Å²) in [6, 6.07) is 0.800. The van der Waals surface area contributed by atoms with Crippen LogP contribution in [0.1, 0.15) is 118 Å². The summed E-state index contributed by atoms with van der Waals surface area (Å²) in [5, 5.41) is 43.7. The van der Waals surface area contributed by atoms with E-state index in [0.717, 1.165) is 50.0 Å². The van der Waals surface area contributed by atoms with Gasteiger partial charge in [-0.25, -0.2) is 9.59 Å². The number of hydrogen-bond acceptors (Lipinski definition) is 12. The molecule has 8 amide bonds. The van der Waals surface area contributed by atoms with E-state index < -0.39 is 28.8 Å². The van der Waals surface area contributed by atoms with Crippen LogP contribution in [-0.4, -0.2) is 148 Å². The third-order valence-electron chi connectivity index (χ3n) is 13.5. The SMILES string of the molecule is CC1(C(=O)NCCCNC(=O)CCCCC2SC[C@@H]3NC(=O)N[C@H]23)CC(O)C(O)C1.CC1(C)OC2CC(C)(C(=O)NCCCNC(=O)CCCCC3SC[C@@H]4NC(=O)N[C@H]34)CC2O1. The summed E-state index contributed by atoms with van der Waals surface area (Å²) in [7, 11) is 0. The minimum Gasteiger partial charge on any atom is -0.390 e. The van der Waals surface area contributed by atoms with E-state index in [4.69, 9.17) is 9.47 Å². The molecule has 63 heavy (non-hydrogen) atoms. The van der Waals surface area contributed by atoms with Crippen molar-refractivity contribution in [1.82, 2.24) is 42.5 Å². The number of aliphatic hydroxyl groups excluding tert-OH is 2. The standard InChI is InChI=1S/C23H38N4O5S.C20H34N4O5S/c1-22(2)31-15-11-23(3,12-16(15)32-22)20(29)25-10-6-9-24-18(28)8-5-4-7-17-19-14(13-33-17)26-21(30)27-19;1-20(9-13(25)14(26)10-20)18(28)22-8-4-7-21-16(27)6-3-2-5-15-17-12(11-30-15)23-19(29)24-17/h14-17,19H,4-13H2,1-3H3,(H,24,28)(H,25,29)(H2,26,27,30);12-15,17,25-26H,2-11H2,1H3,(H,21,27)(H,22,28)(H2,23,24,29)/t14-,15?,16?,17?,19-,23?;12-,13?,14?,15?,17-,20?/m00/s1. The van der Waals surface area contributed by atoms with Crippen LogP contribution in [-0.2, 0) is 28.7 Å². The number of thioether (sulfide) groups is 2. The molecule has 18 nitrogen and oxygen atoms in total. The third-order valence-corrected chi connectivity index (χ3v) is 16.5. The highest BCUT2D eigenvalue weighted by Gasteiger charge is 2.54. The van der Waals surface area contributed by atoms with Crippen molar-refractivity contribution in [3.8, 4) is 0 Å². The lowest BCUT2D eigenvalue weighted by Crippen LogP contribution is -2.40. The molecule has 2 aliphatic carbocycles. The Morgan fingerprint density at radius 2 is 0.984 bits per heavy atom. The fraction of sp³-hybridized carbons (Fsp3) is 0.860. The molecule has 2 saturated carbocycles. The lowest BCUT2D eigenvalue weighted by Gasteiger charge is -2.26. The lowest BCUT2D eigenvalue weighted by molar-refractivity contribution is -0.162. The Kier molecular flexibility index (Phi) is 17.2. The van der Waals surface area contributed by atoms with Gasteiger partial charge in [0.2, 0.25) is 23.6 Å². The van der Waals surface area contributed by atoms with Crippen LogP contribution in [0.2, 0.25) is 0 Å². The molecule has 7 fully saturated rings. The van der Waals surface area contributed by atoms with E-state index in [1.165, 1.54) is 0 Å². The van der Waals surface area contributed by atoms with Gasteiger partial charge in [-0.15, -0.1) is 0 Å². The van der Waals surface area contributed by atoms with Crippen molar-refractivity contribution in [3.63, 3.8) is 0 Å². The van der Waals surface area contributed by atoms with Gasteiger partial charge >= 0.3 is 12.1 Å². The van der Waals surface area contributed by atoms with E-state index in [1.807, 2.05) is 44.3 Å². The molecule has 0 bridgehead atoms. The smallest absolute Gasteiger partial charge is 0.315 e. The zero-order chi connectivity index (χ0) is 45.4. The molecule has 7 rings (SSSR count). The number of urea groups is 2. The van der Waals surface area contributed by atoms with Crippen molar-refractivity contribution in [1.29, 1.82) is 0 Å². The van der Waals surface area contributed by atoms with Gasteiger partial charge in [-0.3, -0.25) is 19.2 Å². The van der Waals surface area contributed by atoms with E-state index >= 15 is 0 Å². The highest BCUT2D eigenvalue weighted by molar-refractivity contribution is 8.00. The van der Waals surface area contributed by atoms with E-state index in [-0.39, 0.29) is 84.9 Å². The van der Waals surface area contributed by atoms with Crippen molar-refractivity contribution < 1.29 is 48.5 Å². The Hall–Kier alpha value is -3.04. The van der Waals surface area contributed by atoms with Crippen molar-refractivity contribution in [3.05, 3.63) is 0 Å². The number of carbonyl (C=O) groups excluding carboxylic acids is 6. The molecule has 5 saturated heterocycles. The zero-order valence-corrected chi connectivity index (χ0v) is 39.0. The van der Waals surface area contributed by atoms with Crippen LogP contribution in [0.4, 0.5) is 9.59 Å². The summed E-state index contributed by atoms with van der Waals surface area (Å²) in [4.78, 5) is 71.8. The molecule has 6 unspecified atom stereocenters. The summed E-state index contributed by atoms with van der Waals surface area (Å²) in [6.07, 6.45) is 8.10. The maximum atomic E-state index is 12.7. The number of hydrogen-bond donors (Lipinski definition) is 10. The topological polar surface area (TPSA) is 258 Å². The average molecular weight is 925 g/mol. The lowest BCUT2D eigenvalue weighted by atomic mass is 9.87. The number of ether oxygens (including phenoxy) is 2. The summed E-state index contributed by atoms with van der Waals surface area (Å²) in [5.41, 5.74) is -1.21. The van der Waals surface area contributed by atoms with E-state index in [2.05, 4.69) is 42.5 Å². The second-order valence-electron chi connectivity index (χ2n) is 19.4. The molecule has 0 spiro atoms. The van der Waals surface area contributed by atoms with Crippen LogP contribution in [0, 0.1) is 10.8 Å². The molecular weight excluding hydrogens is 853 g/mol. The quantitative estimate of drug-likeness (QED) is 0.0616. The largest absolute Gasteiger partial charge is 0.390 e. The Balaban J connectivity index is 0.000000211. The summed E-state index contributed by atoms with van der Waals surface area (Å²) in [5.74, 6) is 1.30. The fourth-order valence-electron chi connectivity index (χ4n) is 10.1. The molecule has 0 radical (unpaired) electrons. The highest BCUT2D eigenvalue weighted by atomic mass is 32.2. The highest BCUT2D eigenvalue weighted by Crippen LogP contribution is 2.47. The average Bonchev–Trinajstić information content (AvgIpc) is 4.08. The van der Waals surface area contributed by atoms with Gasteiger partial charge in [-0.05, 0) is 78.1 Å². The molecule has 5 heterocycles. The van der Waals surface area contributed by atoms with Crippen LogP contribution in [0.15, 0.2) is 0 Å². The second-order valence-corrected chi connectivity index (χ2v) is 22.0. The van der Waals surface area contributed by atoms with Crippen LogP contribution >= 0.6 is 23.5 Å². The Morgan fingerprint density at radius 1 is 0.587 bits per heavy atom. The number of carbonyl (C=O) groups is 6. The van der Waals surface area contributed by atoms with Crippen molar-refractivity contribution in [2.75, 3.05) is 37.7 Å². The van der Waals surface area contributed by atoms with Gasteiger partial charge in [0.1, 0.15) is 0 Å². The predicted octanol–water partition coefficient (Wildman–Crippen LogP) is 1.51. The molecule has 0 aromatic rings. The van der Waals surface area contributed by atoms with E-state index in [9.17, 15) is 39.0 Å². The molecule has 10 atom stereocenters. The first-order valence-corrected chi connectivity index (χ1v) is 25.2. The molecule has 7 aliphatic rings. The first-order valence-electron chi connectivity index (χ1n) is 23.1. The second kappa shape index (κ2) is 22.0. The molecule has 0 aromatic carbocycles. The van der Waals surface area contributed by atoms with E-state index in [1.54, 1.807) is 6.92 Å². The molecule has 10 N–H and O–H groups in total. The van der Waals surface area contributed by atoms with Gasteiger partial charge in [-0.2, -0.15) is 23.5 Å². The third kappa shape index (κ3) is 13.5. The zero-order valence-electron chi connectivity index (χ0n) is 37.4. The number of unbranched alkanes of at least 4 members (excludes halogenated alkanes) is 2. The number of rotatable bonds is 20. The molecule has 20 heteroatoms. The van der Waals surface area contributed by atoms with Crippen molar-refractivity contribution in [2.45, 2.75) is 182 Å². The number of amides is 8. The van der Waals surface area contributed by atoms with Gasteiger partial charge in [0.15, 0.2) is 5.79 Å². The Morgan fingerprint density at radius 3 is 1.41 bits per heavy atom. The fourth-order valence-corrected chi connectivity index (χ4v) is 13.2. The number of aliphatic hydroxyl groups is 2. The molecule has 0 aromatic heterocycles. The summed E-state index contributed by atoms with van der Waals surface area (Å²) in [6.45, 7) is 9.60. The van der Waals surface area contributed by atoms with Crippen LogP contribution in [0.3, 0.4) is 0 Å². The first kappa shape index (κ1) is 49.4. The maximum Gasteiger partial charge on any atom is 0.315 e. The Labute approximate surface area is 379 Å². The van der Waals surface area contributed by atoms with Crippen molar-refractivity contribution in [2.24, 2.45) is 10.8 Å². The minimum atomic E-state index is -0.845. The van der Waals surface area contributed by atoms with Crippen LogP contribution in [0.25, 0.3) is 0 Å². The Bertz CT molecular complexity index is 1620. The maximum absolute atomic E-state index is 12.7. The van der Waals surface area contributed by atoms with Crippen molar-refractivity contribution >= 4 is 59.2 Å². The number of fused-ring (bicyclic) bond motifs is 3. The molecule has 356 valence electrons. The molecule has 5 aliphatic heterocycles. The van der Waals surface area contributed by atoms with E-state index in [0.29, 0.717) is 75.2 Å². The minimum absolute atomic E-state index is 0.0164. The van der Waals surface area contributed by atoms with Crippen LogP contribution < -0.4 is 42.5 Å². The van der Waals surface area contributed by atoms with Gasteiger partial charge in [0.05, 0.1) is 59.4 Å². The van der Waals surface area contributed by atoms with Gasteiger partial charge in [-0.1, -0.05) is 26.7 Å². The normalized spacial score (nSPS) is 35.5. The summed E-state index contributed by atoms with van der Waals surface area (Å²) >= 11 is 3.79. The predicted molar refractivity (Wildman–Crippen MR) is 240 cm³/mol. The van der Waals surface area contributed by atoms with Gasteiger partial charge < -0.3 is 62.2 Å². The first-order chi connectivity index (χ1) is 29.9. The summed E-state index contributed by atoms with van der Waals surface area (Å²) < 4.78 is 11.8. The monoisotopic (exact) mass is 924 g/mol. The number of nitrogens with one attached hydrogen (secondary N) is 8.